The number of anilines is 1. The Morgan fingerprint density at radius 1 is 1.38 bits per heavy atom. The van der Waals surface area contributed by atoms with Gasteiger partial charge in [0.1, 0.15) is 0 Å². The molecule has 1 aliphatic rings. The summed E-state index contributed by atoms with van der Waals surface area (Å²) in [5.74, 6) is -0.669. The van der Waals surface area contributed by atoms with Gasteiger partial charge in [-0.25, -0.2) is 4.52 Å². The maximum Gasteiger partial charge on any atom is 0.252 e. The summed E-state index contributed by atoms with van der Waals surface area (Å²) >= 11 is 0. The lowest BCUT2D eigenvalue weighted by molar-refractivity contribution is -0.117. The largest absolute Gasteiger partial charge is 0.380 e. The van der Waals surface area contributed by atoms with Crippen LogP contribution in [-0.2, 0) is 4.79 Å². The summed E-state index contributed by atoms with van der Waals surface area (Å²) in [6.07, 6.45) is 8.28. The molecule has 0 spiro atoms. The van der Waals surface area contributed by atoms with Crippen molar-refractivity contribution in [2.75, 3.05) is 5.32 Å². The number of carbonyl (C=O) groups excluding carboxylic acids is 2. The van der Waals surface area contributed by atoms with Gasteiger partial charge < -0.3 is 16.4 Å². The molecule has 7 heteroatoms. The molecule has 0 radical (unpaired) electrons. The topological polar surface area (TPSA) is 102 Å². The second kappa shape index (κ2) is 6.74. The Balaban J connectivity index is 1.82. The number of carbonyl (C=O) groups is 2. The summed E-state index contributed by atoms with van der Waals surface area (Å²) < 4.78 is 1.70. The minimum atomic E-state index is -0.513. The van der Waals surface area contributed by atoms with Gasteiger partial charge in [-0.1, -0.05) is 6.58 Å². The maximum atomic E-state index is 11.7. The van der Waals surface area contributed by atoms with Crippen LogP contribution in [0.3, 0.4) is 0 Å². The van der Waals surface area contributed by atoms with Crippen LogP contribution in [0.5, 0.6) is 0 Å². The van der Waals surface area contributed by atoms with Crippen LogP contribution in [0.4, 0.5) is 5.69 Å². The Morgan fingerprint density at radius 2 is 2.17 bits per heavy atom. The highest BCUT2D eigenvalue weighted by Crippen LogP contribution is 2.27. The van der Waals surface area contributed by atoms with E-state index in [2.05, 4.69) is 22.3 Å². The molecule has 0 aliphatic heterocycles. The first-order valence-electron chi connectivity index (χ1n) is 8.04. The van der Waals surface area contributed by atoms with Gasteiger partial charge in [0, 0.05) is 18.3 Å². The second-order valence-electron chi connectivity index (χ2n) is 6.05. The molecule has 0 bridgehead atoms. The van der Waals surface area contributed by atoms with Crippen molar-refractivity contribution >= 4 is 23.0 Å². The molecule has 1 saturated carbocycles. The Kier molecular flexibility index (Phi) is 4.50. The SMILES string of the molecule is C=CC(=O)NC1CCCC(Nc2c(C(N)=O)cnn3cccc23)C1. The van der Waals surface area contributed by atoms with Crippen LogP contribution in [0.25, 0.3) is 5.52 Å². The number of aromatic nitrogens is 2. The summed E-state index contributed by atoms with van der Waals surface area (Å²) in [5, 5.41) is 10.6. The number of nitrogens with zero attached hydrogens (tertiary/aromatic N) is 2. The number of rotatable bonds is 5. The highest BCUT2D eigenvalue weighted by Gasteiger charge is 2.24. The van der Waals surface area contributed by atoms with Crippen molar-refractivity contribution in [3.63, 3.8) is 0 Å². The second-order valence-corrected chi connectivity index (χ2v) is 6.05. The van der Waals surface area contributed by atoms with Gasteiger partial charge in [0.25, 0.3) is 5.91 Å². The van der Waals surface area contributed by atoms with Gasteiger partial charge in [-0.3, -0.25) is 9.59 Å². The van der Waals surface area contributed by atoms with Gasteiger partial charge in [0.2, 0.25) is 5.91 Å². The number of fused-ring (bicyclic) bond motifs is 1. The Bertz CT molecular complexity index is 782. The predicted molar refractivity (Wildman–Crippen MR) is 91.7 cm³/mol. The maximum absolute atomic E-state index is 11.7. The molecule has 2 aromatic rings. The summed E-state index contributed by atoms with van der Waals surface area (Å²) in [6.45, 7) is 3.48. The number of nitrogens with one attached hydrogen (secondary N) is 2. The number of primary amides is 1. The van der Waals surface area contributed by atoms with Crippen LogP contribution in [0.15, 0.2) is 37.2 Å². The van der Waals surface area contributed by atoms with Gasteiger partial charge in [0.15, 0.2) is 0 Å². The van der Waals surface area contributed by atoms with Crippen LogP contribution >= 0.6 is 0 Å². The average molecular weight is 327 g/mol. The number of hydrogen-bond acceptors (Lipinski definition) is 4. The zero-order valence-corrected chi connectivity index (χ0v) is 13.4. The fourth-order valence-electron chi connectivity index (χ4n) is 3.25. The number of amides is 2. The van der Waals surface area contributed by atoms with Gasteiger partial charge in [0.05, 0.1) is 23.0 Å². The lowest BCUT2D eigenvalue weighted by atomic mass is 9.90. The van der Waals surface area contributed by atoms with Gasteiger partial charge >= 0.3 is 0 Å². The third kappa shape index (κ3) is 3.24. The van der Waals surface area contributed by atoms with E-state index in [-0.39, 0.29) is 18.0 Å². The summed E-state index contributed by atoms with van der Waals surface area (Å²) in [7, 11) is 0. The van der Waals surface area contributed by atoms with Crippen LogP contribution in [0.2, 0.25) is 0 Å². The van der Waals surface area contributed by atoms with Crippen molar-refractivity contribution in [1.29, 1.82) is 0 Å². The van der Waals surface area contributed by atoms with E-state index in [4.69, 9.17) is 5.73 Å². The van der Waals surface area contributed by atoms with E-state index in [0.717, 1.165) is 31.2 Å². The predicted octanol–water partition coefficient (Wildman–Crippen LogP) is 1.46. The third-order valence-electron chi connectivity index (χ3n) is 4.38. The zero-order valence-electron chi connectivity index (χ0n) is 13.4. The molecule has 0 aromatic carbocycles. The molecule has 3 rings (SSSR count). The molecular weight excluding hydrogens is 306 g/mol. The van der Waals surface area contributed by atoms with E-state index < -0.39 is 5.91 Å². The highest BCUT2D eigenvalue weighted by atomic mass is 16.1. The van der Waals surface area contributed by atoms with E-state index >= 15 is 0 Å². The molecule has 0 saturated heterocycles. The molecule has 4 N–H and O–H groups in total. The summed E-state index contributed by atoms with van der Waals surface area (Å²) in [5.41, 5.74) is 7.37. The normalized spacial score (nSPS) is 20.5. The lowest BCUT2D eigenvalue weighted by Gasteiger charge is -2.31. The fourth-order valence-corrected chi connectivity index (χ4v) is 3.25. The first-order valence-corrected chi connectivity index (χ1v) is 8.04. The molecule has 2 amide bonds. The van der Waals surface area contributed by atoms with Crippen LogP contribution in [0.1, 0.15) is 36.0 Å². The molecule has 2 atom stereocenters. The third-order valence-corrected chi connectivity index (χ3v) is 4.38. The Morgan fingerprint density at radius 3 is 2.92 bits per heavy atom. The minimum absolute atomic E-state index is 0.100. The van der Waals surface area contributed by atoms with Crippen molar-refractivity contribution in [3.05, 3.63) is 42.7 Å². The van der Waals surface area contributed by atoms with Crippen LogP contribution < -0.4 is 16.4 Å². The summed E-state index contributed by atoms with van der Waals surface area (Å²) in [4.78, 5) is 23.2. The van der Waals surface area contributed by atoms with Crippen molar-refractivity contribution < 1.29 is 9.59 Å². The lowest BCUT2D eigenvalue weighted by Crippen LogP contribution is -2.41. The number of nitrogens with two attached hydrogens (primary N) is 1. The number of hydrogen-bond donors (Lipinski definition) is 3. The first-order chi connectivity index (χ1) is 11.6. The summed E-state index contributed by atoms with van der Waals surface area (Å²) in [6, 6.07) is 4.00. The Labute approximate surface area is 139 Å². The Hall–Kier alpha value is -2.83. The smallest absolute Gasteiger partial charge is 0.252 e. The van der Waals surface area contributed by atoms with Gasteiger partial charge in [-0.05, 0) is 43.9 Å². The minimum Gasteiger partial charge on any atom is -0.380 e. The molecule has 24 heavy (non-hydrogen) atoms. The van der Waals surface area contributed by atoms with E-state index in [0.29, 0.717) is 11.3 Å². The molecule has 1 aliphatic carbocycles. The molecule has 2 aromatic heterocycles. The van der Waals surface area contributed by atoms with Gasteiger partial charge in [-0.2, -0.15) is 5.10 Å². The van der Waals surface area contributed by atoms with Crippen molar-refractivity contribution in [2.24, 2.45) is 5.73 Å². The first kappa shape index (κ1) is 16.0. The molecule has 2 heterocycles. The fraction of sp³-hybridized carbons (Fsp3) is 0.353. The standard InChI is InChI=1S/C17H21N5O2/c1-2-15(23)20-11-5-3-6-12(9-11)21-16-13(17(18)24)10-19-22-8-4-7-14(16)22/h2,4,7-8,10-12,21H,1,3,5-6,9H2,(H2,18,24)(H,20,23). The quantitative estimate of drug-likeness (QED) is 0.724. The van der Waals surface area contributed by atoms with Crippen LogP contribution in [-0.4, -0.2) is 33.5 Å². The van der Waals surface area contributed by atoms with E-state index in [1.807, 2.05) is 18.3 Å². The van der Waals surface area contributed by atoms with E-state index in [9.17, 15) is 9.59 Å². The highest BCUT2D eigenvalue weighted by molar-refractivity contribution is 6.01. The van der Waals surface area contributed by atoms with Crippen molar-refractivity contribution in [1.82, 2.24) is 14.9 Å². The molecule has 7 nitrogen and oxygen atoms in total. The van der Waals surface area contributed by atoms with Gasteiger partial charge in [-0.15, -0.1) is 0 Å². The molecule has 1 fully saturated rings. The average Bonchev–Trinajstić information content (AvgIpc) is 3.04. The molecular formula is C17H21N5O2. The van der Waals surface area contributed by atoms with Crippen molar-refractivity contribution in [2.45, 2.75) is 37.8 Å². The zero-order chi connectivity index (χ0) is 17.1. The van der Waals surface area contributed by atoms with Crippen LogP contribution in [0, 0.1) is 0 Å². The van der Waals surface area contributed by atoms with Crippen molar-refractivity contribution in [3.8, 4) is 0 Å². The monoisotopic (exact) mass is 327 g/mol. The van der Waals surface area contributed by atoms with E-state index in [1.54, 1.807) is 4.52 Å². The van der Waals surface area contributed by atoms with E-state index in [1.165, 1.54) is 12.3 Å². The molecule has 2 unspecified atom stereocenters. The molecule has 126 valence electrons.